The molecule has 1 aromatic carbocycles. The molecule has 0 bridgehead atoms. The Morgan fingerprint density at radius 1 is 1.57 bits per heavy atom. The minimum Gasteiger partial charge on any atom is -0.458 e. The van der Waals surface area contributed by atoms with Gasteiger partial charge in [0.15, 0.2) is 0 Å². The van der Waals surface area contributed by atoms with Gasteiger partial charge in [0.05, 0.1) is 5.56 Å². The number of ether oxygens (including phenoxy) is 1. The standard InChI is InChI=1S/C11H11FO2/c1-8(2)7-14-11(13)9-4-3-5-10(12)6-9/h3-6H,1,7H2,2H3. The first-order chi connectivity index (χ1) is 6.59. The van der Waals surface area contributed by atoms with Crippen molar-refractivity contribution in [2.75, 3.05) is 6.61 Å². The molecule has 0 atom stereocenters. The molecule has 0 radical (unpaired) electrons. The number of halogens is 1. The molecule has 0 N–H and O–H groups in total. The molecule has 1 aromatic rings. The molecule has 0 aliphatic rings. The van der Waals surface area contributed by atoms with E-state index in [-0.39, 0.29) is 12.2 Å². The van der Waals surface area contributed by atoms with Crippen molar-refractivity contribution in [1.82, 2.24) is 0 Å². The van der Waals surface area contributed by atoms with E-state index in [4.69, 9.17) is 4.74 Å². The van der Waals surface area contributed by atoms with Gasteiger partial charge in [0.25, 0.3) is 0 Å². The fraction of sp³-hybridized carbons (Fsp3) is 0.182. The van der Waals surface area contributed by atoms with Gasteiger partial charge >= 0.3 is 5.97 Å². The zero-order valence-electron chi connectivity index (χ0n) is 7.92. The van der Waals surface area contributed by atoms with Crippen molar-refractivity contribution in [1.29, 1.82) is 0 Å². The summed E-state index contributed by atoms with van der Waals surface area (Å²) in [5.41, 5.74) is 0.959. The van der Waals surface area contributed by atoms with E-state index in [2.05, 4.69) is 6.58 Å². The SMILES string of the molecule is C=C(C)COC(=O)c1cccc(F)c1. The number of carbonyl (C=O) groups excluding carboxylic acids is 1. The summed E-state index contributed by atoms with van der Waals surface area (Å²) in [6, 6.07) is 5.38. The third-order valence-electron chi connectivity index (χ3n) is 1.51. The lowest BCUT2D eigenvalue weighted by molar-refractivity contribution is 0.0540. The van der Waals surface area contributed by atoms with Crippen LogP contribution in [0.25, 0.3) is 0 Å². The number of hydrogen-bond donors (Lipinski definition) is 0. The van der Waals surface area contributed by atoms with Crippen LogP contribution in [0.2, 0.25) is 0 Å². The van der Waals surface area contributed by atoms with Gasteiger partial charge in [-0.15, -0.1) is 0 Å². The normalized spacial score (nSPS) is 9.57. The van der Waals surface area contributed by atoms with Crippen LogP contribution < -0.4 is 0 Å². The summed E-state index contributed by atoms with van der Waals surface area (Å²) in [4.78, 5) is 11.3. The monoisotopic (exact) mass is 194 g/mol. The largest absolute Gasteiger partial charge is 0.458 e. The van der Waals surface area contributed by atoms with Gasteiger partial charge < -0.3 is 4.74 Å². The molecule has 74 valence electrons. The molecule has 0 saturated carbocycles. The Kier molecular flexibility index (Phi) is 3.40. The zero-order chi connectivity index (χ0) is 10.6. The Bertz CT molecular complexity index is 358. The first-order valence-corrected chi connectivity index (χ1v) is 4.16. The van der Waals surface area contributed by atoms with Crippen LogP contribution in [0.1, 0.15) is 17.3 Å². The Hall–Kier alpha value is -1.64. The second-order valence-corrected chi connectivity index (χ2v) is 3.04. The number of esters is 1. The van der Waals surface area contributed by atoms with Gasteiger partial charge in [0, 0.05) is 0 Å². The lowest BCUT2D eigenvalue weighted by atomic mass is 10.2. The van der Waals surface area contributed by atoms with Gasteiger partial charge in [0.2, 0.25) is 0 Å². The number of carbonyl (C=O) groups is 1. The van der Waals surface area contributed by atoms with E-state index in [1.54, 1.807) is 6.92 Å². The highest BCUT2D eigenvalue weighted by molar-refractivity contribution is 5.89. The predicted molar refractivity (Wildman–Crippen MR) is 51.5 cm³/mol. The quantitative estimate of drug-likeness (QED) is 0.546. The lowest BCUT2D eigenvalue weighted by Gasteiger charge is -2.03. The molecule has 0 aliphatic heterocycles. The van der Waals surface area contributed by atoms with Crippen LogP contribution in [0.3, 0.4) is 0 Å². The molecule has 3 heteroatoms. The highest BCUT2D eigenvalue weighted by Crippen LogP contribution is 2.05. The molecule has 0 aromatic heterocycles. The highest BCUT2D eigenvalue weighted by atomic mass is 19.1. The minimum atomic E-state index is -0.535. The summed E-state index contributed by atoms with van der Waals surface area (Å²) < 4.78 is 17.5. The van der Waals surface area contributed by atoms with Crippen LogP contribution in [0.5, 0.6) is 0 Å². The van der Waals surface area contributed by atoms with Crippen LogP contribution in [0.15, 0.2) is 36.4 Å². The van der Waals surface area contributed by atoms with Gasteiger partial charge in [-0.05, 0) is 30.7 Å². The van der Waals surface area contributed by atoms with E-state index in [0.717, 1.165) is 11.6 Å². The Balaban J connectivity index is 2.65. The third kappa shape index (κ3) is 3.01. The molecule has 0 aliphatic carbocycles. The first-order valence-electron chi connectivity index (χ1n) is 4.16. The summed E-state index contributed by atoms with van der Waals surface area (Å²) in [7, 11) is 0. The molecule has 0 spiro atoms. The van der Waals surface area contributed by atoms with Crippen molar-refractivity contribution in [3.8, 4) is 0 Å². The molecular weight excluding hydrogens is 183 g/mol. The average molecular weight is 194 g/mol. The van der Waals surface area contributed by atoms with E-state index in [1.807, 2.05) is 0 Å². The molecule has 0 fully saturated rings. The summed E-state index contributed by atoms with van der Waals surface area (Å²) in [6.45, 7) is 5.50. The average Bonchev–Trinajstić information content (AvgIpc) is 2.14. The second kappa shape index (κ2) is 4.56. The van der Waals surface area contributed by atoms with Crippen molar-refractivity contribution in [2.45, 2.75) is 6.92 Å². The highest BCUT2D eigenvalue weighted by Gasteiger charge is 2.07. The van der Waals surface area contributed by atoms with Crippen LogP contribution in [0.4, 0.5) is 4.39 Å². The van der Waals surface area contributed by atoms with Gasteiger partial charge in [0.1, 0.15) is 12.4 Å². The summed E-state index contributed by atoms with van der Waals surface area (Å²) >= 11 is 0. The summed E-state index contributed by atoms with van der Waals surface area (Å²) in [5, 5.41) is 0. The fourth-order valence-electron chi connectivity index (χ4n) is 0.888. The fourth-order valence-corrected chi connectivity index (χ4v) is 0.888. The smallest absolute Gasteiger partial charge is 0.338 e. The van der Waals surface area contributed by atoms with Crippen molar-refractivity contribution < 1.29 is 13.9 Å². The van der Waals surface area contributed by atoms with E-state index >= 15 is 0 Å². The zero-order valence-corrected chi connectivity index (χ0v) is 7.92. The van der Waals surface area contributed by atoms with E-state index in [9.17, 15) is 9.18 Å². The van der Waals surface area contributed by atoms with Crippen molar-refractivity contribution >= 4 is 5.97 Å². The summed E-state index contributed by atoms with van der Waals surface area (Å²) in [5.74, 6) is -0.984. The molecular formula is C11H11FO2. The minimum absolute atomic E-state index is 0.162. The maximum Gasteiger partial charge on any atom is 0.338 e. The molecule has 2 nitrogen and oxygen atoms in total. The molecule has 14 heavy (non-hydrogen) atoms. The topological polar surface area (TPSA) is 26.3 Å². The molecule has 0 saturated heterocycles. The van der Waals surface area contributed by atoms with Gasteiger partial charge in [-0.1, -0.05) is 12.6 Å². The van der Waals surface area contributed by atoms with Gasteiger partial charge in [-0.3, -0.25) is 0 Å². The van der Waals surface area contributed by atoms with E-state index in [1.165, 1.54) is 18.2 Å². The van der Waals surface area contributed by atoms with Crippen molar-refractivity contribution in [3.63, 3.8) is 0 Å². The van der Waals surface area contributed by atoms with Crippen LogP contribution in [0, 0.1) is 5.82 Å². The third-order valence-corrected chi connectivity index (χ3v) is 1.51. The van der Waals surface area contributed by atoms with Crippen molar-refractivity contribution in [2.24, 2.45) is 0 Å². The second-order valence-electron chi connectivity index (χ2n) is 3.04. The van der Waals surface area contributed by atoms with Crippen LogP contribution in [-0.4, -0.2) is 12.6 Å². The lowest BCUT2D eigenvalue weighted by Crippen LogP contribution is -2.06. The Morgan fingerprint density at radius 2 is 2.29 bits per heavy atom. The van der Waals surface area contributed by atoms with Crippen molar-refractivity contribution in [3.05, 3.63) is 47.8 Å². The maximum atomic E-state index is 12.7. The number of hydrogen-bond acceptors (Lipinski definition) is 2. The Labute approximate surface area is 82.0 Å². The molecule has 0 amide bonds. The first kappa shape index (κ1) is 10.4. The molecule has 0 unspecified atom stereocenters. The van der Waals surface area contributed by atoms with Crippen LogP contribution >= 0.6 is 0 Å². The van der Waals surface area contributed by atoms with Gasteiger partial charge in [-0.2, -0.15) is 0 Å². The van der Waals surface area contributed by atoms with Gasteiger partial charge in [-0.25, -0.2) is 9.18 Å². The van der Waals surface area contributed by atoms with E-state index < -0.39 is 11.8 Å². The number of benzene rings is 1. The Morgan fingerprint density at radius 3 is 2.86 bits per heavy atom. The summed E-state index contributed by atoms with van der Waals surface area (Å²) in [6.07, 6.45) is 0. The molecule has 1 rings (SSSR count). The van der Waals surface area contributed by atoms with Crippen LogP contribution in [-0.2, 0) is 4.74 Å². The number of rotatable bonds is 3. The maximum absolute atomic E-state index is 12.7. The predicted octanol–water partition coefficient (Wildman–Crippen LogP) is 2.56. The molecule has 0 heterocycles. The van der Waals surface area contributed by atoms with E-state index in [0.29, 0.717) is 0 Å².